The highest BCUT2D eigenvalue weighted by atomic mass is 16.5. The molecule has 0 saturated heterocycles. The third-order valence-electron chi connectivity index (χ3n) is 2.20. The molecule has 4 nitrogen and oxygen atoms in total. The topological polar surface area (TPSA) is 52.6 Å². The molecule has 0 unspecified atom stereocenters. The predicted octanol–water partition coefficient (Wildman–Crippen LogP) is 1.67. The molecule has 0 bridgehead atoms. The molecule has 1 aliphatic rings. The van der Waals surface area contributed by atoms with E-state index in [2.05, 4.69) is 0 Å². The van der Waals surface area contributed by atoms with E-state index in [1.54, 1.807) is 31.4 Å². The minimum atomic E-state index is -0.319. The summed E-state index contributed by atoms with van der Waals surface area (Å²) in [5.74, 6) is 0.627. The summed E-state index contributed by atoms with van der Waals surface area (Å²) in [7, 11) is 1.56. The molecule has 0 aliphatic heterocycles. The molecule has 1 aliphatic carbocycles. The first-order valence-electron chi connectivity index (χ1n) is 4.99. The molecule has 0 aromatic heterocycles. The number of benzene rings is 1. The molecule has 0 heterocycles. The second-order valence-corrected chi connectivity index (χ2v) is 3.39. The lowest BCUT2D eigenvalue weighted by molar-refractivity contribution is -0.116. The largest absolute Gasteiger partial charge is 0.497 e. The van der Waals surface area contributed by atoms with Crippen LogP contribution in [0.2, 0.25) is 0 Å². The molecular formula is C13H10O4. The van der Waals surface area contributed by atoms with Gasteiger partial charge in [0.25, 0.3) is 0 Å². The van der Waals surface area contributed by atoms with Crippen molar-refractivity contribution in [1.29, 1.82) is 0 Å². The monoisotopic (exact) mass is 230 g/mol. The average molecular weight is 230 g/mol. The van der Waals surface area contributed by atoms with Gasteiger partial charge in [0.15, 0.2) is 11.5 Å². The van der Waals surface area contributed by atoms with Crippen molar-refractivity contribution in [2.45, 2.75) is 0 Å². The van der Waals surface area contributed by atoms with Gasteiger partial charge in [-0.3, -0.25) is 9.59 Å². The zero-order valence-corrected chi connectivity index (χ0v) is 9.17. The molecule has 17 heavy (non-hydrogen) atoms. The van der Waals surface area contributed by atoms with E-state index in [1.807, 2.05) is 0 Å². The quantitative estimate of drug-likeness (QED) is 0.741. The molecule has 0 fully saturated rings. The Labute approximate surface area is 98.2 Å². The summed E-state index contributed by atoms with van der Waals surface area (Å²) in [5.41, 5.74) is 0. The van der Waals surface area contributed by atoms with E-state index in [-0.39, 0.29) is 17.3 Å². The molecule has 4 heteroatoms. The molecule has 1 aromatic carbocycles. The highest BCUT2D eigenvalue weighted by Gasteiger charge is 2.15. The number of carbonyl (C=O) groups excluding carboxylic acids is 2. The van der Waals surface area contributed by atoms with Gasteiger partial charge < -0.3 is 9.47 Å². The van der Waals surface area contributed by atoms with Gasteiger partial charge in [0.1, 0.15) is 11.5 Å². The first-order valence-corrected chi connectivity index (χ1v) is 4.99. The van der Waals surface area contributed by atoms with E-state index in [1.165, 1.54) is 18.2 Å². The maximum atomic E-state index is 11.4. The highest BCUT2D eigenvalue weighted by Crippen LogP contribution is 2.20. The summed E-state index contributed by atoms with van der Waals surface area (Å²) in [6, 6.07) is 6.74. The van der Waals surface area contributed by atoms with Crippen LogP contribution < -0.4 is 9.47 Å². The normalized spacial score (nSPS) is 14.5. The van der Waals surface area contributed by atoms with Gasteiger partial charge in [0, 0.05) is 6.08 Å². The third-order valence-corrected chi connectivity index (χ3v) is 2.20. The van der Waals surface area contributed by atoms with Crippen LogP contribution in [0.3, 0.4) is 0 Å². The number of methoxy groups -OCH3 is 1. The van der Waals surface area contributed by atoms with Gasteiger partial charge in [-0.2, -0.15) is 0 Å². The van der Waals surface area contributed by atoms with Crippen molar-refractivity contribution in [1.82, 2.24) is 0 Å². The lowest BCUT2D eigenvalue weighted by atomic mass is 10.1. The van der Waals surface area contributed by atoms with Crippen LogP contribution in [0.1, 0.15) is 0 Å². The number of carbonyl (C=O) groups is 2. The van der Waals surface area contributed by atoms with E-state index < -0.39 is 0 Å². The van der Waals surface area contributed by atoms with Gasteiger partial charge in [0.05, 0.1) is 7.11 Å². The Hall–Kier alpha value is -2.36. The van der Waals surface area contributed by atoms with E-state index in [0.29, 0.717) is 11.5 Å². The summed E-state index contributed by atoms with van der Waals surface area (Å²) < 4.78 is 10.3. The highest BCUT2D eigenvalue weighted by molar-refractivity contribution is 6.16. The Kier molecular flexibility index (Phi) is 3.05. The number of ether oxygens (including phenoxy) is 2. The van der Waals surface area contributed by atoms with Crippen LogP contribution in [0.15, 0.2) is 48.3 Å². The number of allylic oxidation sites excluding steroid dienone is 3. The first kappa shape index (κ1) is 11.1. The molecule has 0 saturated carbocycles. The minimum Gasteiger partial charge on any atom is -0.497 e. The van der Waals surface area contributed by atoms with Crippen molar-refractivity contribution < 1.29 is 19.1 Å². The lowest BCUT2D eigenvalue weighted by Gasteiger charge is -2.09. The zero-order chi connectivity index (χ0) is 12.3. The van der Waals surface area contributed by atoms with Crippen LogP contribution in [0, 0.1) is 0 Å². The summed E-state index contributed by atoms with van der Waals surface area (Å²) in [6.45, 7) is 0. The molecule has 0 atom stereocenters. The van der Waals surface area contributed by atoms with Gasteiger partial charge in [-0.15, -0.1) is 0 Å². The third kappa shape index (κ3) is 2.60. The summed E-state index contributed by atoms with van der Waals surface area (Å²) in [6.07, 6.45) is 3.58. The fourth-order valence-electron chi connectivity index (χ4n) is 1.34. The SMILES string of the molecule is COc1ccc(OC2=CC(=O)C=CC2=O)cc1. The average Bonchev–Trinajstić information content (AvgIpc) is 2.35. The summed E-state index contributed by atoms with van der Waals surface area (Å²) in [4.78, 5) is 22.5. The Bertz CT molecular complexity index is 509. The van der Waals surface area contributed by atoms with Crippen molar-refractivity contribution in [3.63, 3.8) is 0 Å². The first-order chi connectivity index (χ1) is 8.19. The Morgan fingerprint density at radius 2 is 1.59 bits per heavy atom. The Morgan fingerprint density at radius 1 is 0.941 bits per heavy atom. The van der Waals surface area contributed by atoms with Crippen molar-refractivity contribution in [3.8, 4) is 11.5 Å². The van der Waals surface area contributed by atoms with Crippen molar-refractivity contribution >= 4 is 11.6 Å². The van der Waals surface area contributed by atoms with Gasteiger partial charge in [0.2, 0.25) is 5.78 Å². The minimum absolute atomic E-state index is 0.0302. The maximum Gasteiger partial charge on any atom is 0.221 e. The molecule has 86 valence electrons. The summed E-state index contributed by atoms with van der Waals surface area (Å²) in [5, 5.41) is 0. The summed E-state index contributed by atoms with van der Waals surface area (Å²) >= 11 is 0. The lowest BCUT2D eigenvalue weighted by Crippen LogP contribution is -2.12. The van der Waals surface area contributed by atoms with Crippen LogP contribution >= 0.6 is 0 Å². The van der Waals surface area contributed by atoms with Crippen molar-refractivity contribution in [2.75, 3.05) is 7.11 Å². The smallest absolute Gasteiger partial charge is 0.221 e. The van der Waals surface area contributed by atoms with E-state index in [9.17, 15) is 9.59 Å². The second-order valence-electron chi connectivity index (χ2n) is 3.39. The van der Waals surface area contributed by atoms with Gasteiger partial charge in [-0.1, -0.05) is 0 Å². The van der Waals surface area contributed by atoms with Gasteiger partial charge in [-0.05, 0) is 36.4 Å². The molecule has 0 N–H and O–H groups in total. The van der Waals surface area contributed by atoms with Crippen molar-refractivity contribution in [2.24, 2.45) is 0 Å². The molecule has 0 radical (unpaired) electrons. The molecule has 0 amide bonds. The number of hydrogen-bond donors (Lipinski definition) is 0. The van der Waals surface area contributed by atoms with Crippen LogP contribution in [0.5, 0.6) is 11.5 Å². The number of hydrogen-bond acceptors (Lipinski definition) is 4. The van der Waals surface area contributed by atoms with E-state index in [0.717, 1.165) is 0 Å². The number of rotatable bonds is 3. The molecule has 0 spiro atoms. The van der Waals surface area contributed by atoms with Crippen LogP contribution in [-0.4, -0.2) is 18.7 Å². The Morgan fingerprint density at radius 3 is 2.24 bits per heavy atom. The Balaban J connectivity index is 2.15. The zero-order valence-electron chi connectivity index (χ0n) is 9.17. The van der Waals surface area contributed by atoms with Gasteiger partial charge in [-0.25, -0.2) is 0 Å². The van der Waals surface area contributed by atoms with Gasteiger partial charge >= 0.3 is 0 Å². The molecular weight excluding hydrogens is 220 g/mol. The fourth-order valence-corrected chi connectivity index (χ4v) is 1.34. The molecule has 1 aromatic rings. The van der Waals surface area contributed by atoms with Crippen LogP contribution in [-0.2, 0) is 9.59 Å². The standard InChI is InChI=1S/C13H10O4/c1-16-10-3-5-11(6-4-10)17-13-8-9(14)2-7-12(13)15/h2-8H,1H3. The predicted molar refractivity (Wildman–Crippen MR) is 60.9 cm³/mol. The van der Waals surface area contributed by atoms with E-state index >= 15 is 0 Å². The van der Waals surface area contributed by atoms with Crippen molar-refractivity contribution in [3.05, 3.63) is 48.3 Å². The fraction of sp³-hybridized carbons (Fsp3) is 0.0769. The van der Waals surface area contributed by atoms with Crippen LogP contribution in [0.25, 0.3) is 0 Å². The van der Waals surface area contributed by atoms with Crippen LogP contribution in [0.4, 0.5) is 0 Å². The maximum absolute atomic E-state index is 11.4. The second kappa shape index (κ2) is 4.65. The molecule has 2 rings (SSSR count). The number of ketones is 2. The van der Waals surface area contributed by atoms with E-state index in [4.69, 9.17) is 9.47 Å².